The summed E-state index contributed by atoms with van der Waals surface area (Å²) in [6.45, 7) is 3.80. The third-order valence-corrected chi connectivity index (χ3v) is 4.74. The number of rotatable bonds is 3. The third-order valence-electron chi connectivity index (χ3n) is 4.74. The van der Waals surface area contributed by atoms with Gasteiger partial charge in [-0.05, 0) is 37.6 Å². The molecule has 3 heterocycles. The Morgan fingerprint density at radius 3 is 2.62 bits per heavy atom. The number of aromatic nitrogens is 3. The van der Waals surface area contributed by atoms with Gasteiger partial charge < -0.3 is 14.3 Å². The van der Waals surface area contributed by atoms with Gasteiger partial charge in [-0.25, -0.2) is 13.8 Å². The summed E-state index contributed by atoms with van der Waals surface area (Å²) in [6.07, 6.45) is 2.37. The van der Waals surface area contributed by atoms with Crippen LogP contribution >= 0.6 is 0 Å². The molecule has 29 heavy (non-hydrogen) atoms. The number of halogens is 2. The minimum absolute atomic E-state index is 0.0100. The molecule has 1 aromatic carbocycles. The lowest BCUT2D eigenvalue weighted by Gasteiger charge is -2.24. The lowest BCUT2D eigenvalue weighted by molar-refractivity contribution is 0.0766. The van der Waals surface area contributed by atoms with Crippen LogP contribution in [0.4, 0.5) is 14.6 Å². The second kappa shape index (κ2) is 7.94. The number of benzene rings is 1. The molecule has 4 rings (SSSR count). The number of amides is 1. The number of nitrogens with zero attached hydrogens (tertiary/aromatic N) is 5. The lowest BCUT2D eigenvalue weighted by atomic mass is 10.2. The predicted octanol–water partition coefficient (Wildman–Crippen LogP) is 3.07. The van der Waals surface area contributed by atoms with Crippen LogP contribution in [0.5, 0.6) is 0 Å². The number of carbonyl (C=O) groups is 1. The summed E-state index contributed by atoms with van der Waals surface area (Å²) in [4.78, 5) is 25.1. The van der Waals surface area contributed by atoms with Gasteiger partial charge in [0.1, 0.15) is 17.5 Å². The van der Waals surface area contributed by atoms with E-state index in [1.807, 2.05) is 11.0 Å². The van der Waals surface area contributed by atoms with E-state index in [0.29, 0.717) is 50.1 Å². The van der Waals surface area contributed by atoms with Crippen LogP contribution in [0, 0.1) is 18.6 Å². The molecule has 0 N–H and O–H groups in total. The van der Waals surface area contributed by atoms with Gasteiger partial charge in [-0.2, -0.15) is 4.98 Å². The molecule has 7 nitrogen and oxygen atoms in total. The second-order valence-corrected chi connectivity index (χ2v) is 6.81. The molecule has 1 amide bonds. The molecule has 9 heteroatoms. The lowest BCUT2D eigenvalue weighted by Crippen LogP contribution is -2.35. The normalized spacial score (nSPS) is 14.7. The molecule has 0 unspecified atom stereocenters. The number of hydrogen-bond donors (Lipinski definition) is 0. The van der Waals surface area contributed by atoms with Crippen molar-refractivity contribution in [1.82, 2.24) is 20.0 Å². The summed E-state index contributed by atoms with van der Waals surface area (Å²) in [7, 11) is 0. The number of carbonyl (C=O) groups excluding carboxylic acids is 1. The van der Waals surface area contributed by atoms with Crippen LogP contribution in [0.1, 0.15) is 22.6 Å². The average molecular weight is 399 g/mol. The Morgan fingerprint density at radius 1 is 1.10 bits per heavy atom. The molecule has 0 atom stereocenters. The topological polar surface area (TPSA) is 75.4 Å². The number of hydrogen-bond acceptors (Lipinski definition) is 6. The van der Waals surface area contributed by atoms with Crippen molar-refractivity contribution >= 4 is 11.7 Å². The molecule has 0 bridgehead atoms. The quantitative estimate of drug-likeness (QED) is 0.674. The van der Waals surface area contributed by atoms with Crippen LogP contribution in [0.25, 0.3) is 11.5 Å². The van der Waals surface area contributed by atoms with E-state index in [1.54, 1.807) is 24.1 Å². The first-order chi connectivity index (χ1) is 14.0. The zero-order valence-electron chi connectivity index (χ0n) is 15.8. The van der Waals surface area contributed by atoms with Crippen molar-refractivity contribution in [3.63, 3.8) is 0 Å². The van der Waals surface area contributed by atoms with Gasteiger partial charge in [0.05, 0.1) is 5.56 Å². The second-order valence-electron chi connectivity index (χ2n) is 6.81. The van der Waals surface area contributed by atoms with Gasteiger partial charge in [0.2, 0.25) is 0 Å². The minimum Gasteiger partial charge on any atom is -0.354 e. The number of aryl methyl sites for hydroxylation is 1. The van der Waals surface area contributed by atoms with Gasteiger partial charge in [-0.1, -0.05) is 5.16 Å². The zero-order valence-corrected chi connectivity index (χ0v) is 15.8. The van der Waals surface area contributed by atoms with Crippen LogP contribution < -0.4 is 4.90 Å². The maximum absolute atomic E-state index is 13.5. The molecule has 1 fully saturated rings. The summed E-state index contributed by atoms with van der Waals surface area (Å²) in [6, 6.07) is 6.53. The first-order valence-electron chi connectivity index (χ1n) is 9.27. The fraction of sp³-hybridized carbons (Fsp3) is 0.300. The van der Waals surface area contributed by atoms with Gasteiger partial charge in [0.15, 0.2) is 5.82 Å². The van der Waals surface area contributed by atoms with Crippen LogP contribution in [-0.4, -0.2) is 52.1 Å². The van der Waals surface area contributed by atoms with Crippen molar-refractivity contribution in [2.75, 3.05) is 31.1 Å². The SMILES string of the molecule is Cc1noc(-c2cccnc2N2CCCN(C(=O)c3cc(F)cc(F)c3)CC2)n1. The Morgan fingerprint density at radius 2 is 1.90 bits per heavy atom. The Bertz CT molecular complexity index is 1020. The van der Waals surface area contributed by atoms with Gasteiger partial charge >= 0.3 is 0 Å². The van der Waals surface area contributed by atoms with E-state index in [-0.39, 0.29) is 11.5 Å². The molecule has 1 aliphatic heterocycles. The van der Waals surface area contributed by atoms with E-state index in [9.17, 15) is 13.6 Å². The van der Waals surface area contributed by atoms with Crippen LogP contribution in [0.15, 0.2) is 41.1 Å². The van der Waals surface area contributed by atoms with E-state index in [1.165, 1.54) is 0 Å². The predicted molar refractivity (Wildman–Crippen MR) is 101 cm³/mol. The van der Waals surface area contributed by atoms with Crippen LogP contribution in [0.3, 0.4) is 0 Å². The van der Waals surface area contributed by atoms with E-state index < -0.39 is 11.6 Å². The van der Waals surface area contributed by atoms with Gasteiger partial charge in [-0.15, -0.1) is 0 Å². The highest BCUT2D eigenvalue weighted by Gasteiger charge is 2.24. The molecular weight excluding hydrogens is 380 g/mol. The van der Waals surface area contributed by atoms with Crippen molar-refractivity contribution in [3.05, 3.63) is 59.6 Å². The average Bonchev–Trinajstić information content (AvgIpc) is 2.98. The van der Waals surface area contributed by atoms with Gasteiger partial charge in [0, 0.05) is 44.0 Å². The molecule has 0 aliphatic carbocycles. The van der Waals surface area contributed by atoms with E-state index in [4.69, 9.17) is 4.52 Å². The van der Waals surface area contributed by atoms with Crippen LogP contribution in [-0.2, 0) is 0 Å². The molecule has 3 aromatic rings. The monoisotopic (exact) mass is 399 g/mol. The summed E-state index contributed by atoms with van der Waals surface area (Å²) in [5, 5.41) is 3.83. The van der Waals surface area contributed by atoms with E-state index in [0.717, 1.165) is 23.8 Å². The third kappa shape index (κ3) is 4.08. The van der Waals surface area contributed by atoms with Crippen molar-refractivity contribution in [1.29, 1.82) is 0 Å². The zero-order chi connectivity index (χ0) is 20.4. The van der Waals surface area contributed by atoms with Gasteiger partial charge in [0.25, 0.3) is 11.8 Å². The minimum atomic E-state index is -0.766. The van der Waals surface area contributed by atoms with E-state index >= 15 is 0 Å². The highest BCUT2D eigenvalue weighted by atomic mass is 19.1. The largest absolute Gasteiger partial charge is 0.354 e. The maximum Gasteiger partial charge on any atom is 0.261 e. The summed E-state index contributed by atoms with van der Waals surface area (Å²) >= 11 is 0. The highest BCUT2D eigenvalue weighted by Crippen LogP contribution is 2.28. The van der Waals surface area contributed by atoms with Crippen molar-refractivity contribution in [3.8, 4) is 11.5 Å². The molecule has 1 aliphatic rings. The molecular formula is C20H19F2N5O2. The fourth-order valence-corrected chi connectivity index (χ4v) is 3.41. The first-order valence-corrected chi connectivity index (χ1v) is 9.27. The Kier molecular flexibility index (Phi) is 5.20. The highest BCUT2D eigenvalue weighted by molar-refractivity contribution is 5.94. The van der Waals surface area contributed by atoms with Crippen molar-refractivity contribution in [2.45, 2.75) is 13.3 Å². The Labute approximate surface area is 166 Å². The maximum atomic E-state index is 13.5. The molecule has 2 aromatic heterocycles. The molecule has 1 saturated heterocycles. The van der Waals surface area contributed by atoms with Crippen molar-refractivity contribution in [2.24, 2.45) is 0 Å². The Balaban J connectivity index is 1.53. The van der Waals surface area contributed by atoms with Crippen LogP contribution in [0.2, 0.25) is 0 Å². The first kappa shape index (κ1) is 19.0. The van der Waals surface area contributed by atoms with E-state index in [2.05, 4.69) is 15.1 Å². The number of anilines is 1. The fourth-order valence-electron chi connectivity index (χ4n) is 3.41. The Hall–Kier alpha value is -3.36. The summed E-state index contributed by atoms with van der Waals surface area (Å²) in [5.41, 5.74) is 0.732. The standard InChI is InChI=1S/C20H19F2N5O2/c1-13-24-19(29-25-13)17-4-2-5-23-18(17)26-6-3-7-27(9-8-26)20(28)14-10-15(21)12-16(22)11-14/h2,4-5,10-12H,3,6-9H2,1H3. The van der Waals surface area contributed by atoms with Crippen molar-refractivity contribution < 1.29 is 18.1 Å². The molecule has 150 valence electrons. The van der Waals surface area contributed by atoms with Gasteiger partial charge in [-0.3, -0.25) is 4.79 Å². The molecule has 0 spiro atoms. The molecule has 0 radical (unpaired) electrons. The summed E-state index contributed by atoms with van der Waals surface area (Å²) in [5.74, 6) is -0.306. The number of pyridine rings is 1. The smallest absolute Gasteiger partial charge is 0.261 e. The summed E-state index contributed by atoms with van der Waals surface area (Å²) < 4.78 is 32.2. The molecule has 0 saturated carbocycles.